The summed E-state index contributed by atoms with van der Waals surface area (Å²) in [7, 11) is 4.10. The molecule has 25 heavy (non-hydrogen) atoms. The summed E-state index contributed by atoms with van der Waals surface area (Å²) in [6, 6.07) is 6.83. The van der Waals surface area contributed by atoms with Crippen molar-refractivity contribution >= 4 is 16.9 Å². The van der Waals surface area contributed by atoms with Crippen molar-refractivity contribution in [3.8, 4) is 0 Å². The van der Waals surface area contributed by atoms with Crippen molar-refractivity contribution in [3.63, 3.8) is 0 Å². The van der Waals surface area contributed by atoms with Crippen LogP contribution in [0.2, 0.25) is 0 Å². The lowest BCUT2D eigenvalue weighted by atomic mass is 9.94. The molecule has 1 aromatic heterocycles. The zero-order valence-corrected chi connectivity index (χ0v) is 15.8. The van der Waals surface area contributed by atoms with E-state index in [2.05, 4.69) is 18.0 Å². The van der Waals surface area contributed by atoms with Crippen molar-refractivity contribution in [3.05, 3.63) is 35.6 Å². The molecule has 1 heterocycles. The number of hydrogen-bond acceptors (Lipinski definition) is 3. The van der Waals surface area contributed by atoms with E-state index in [4.69, 9.17) is 4.42 Å². The van der Waals surface area contributed by atoms with Gasteiger partial charge in [0.05, 0.1) is 12.7 Å². The quantitative estimate of drug-likeness (QED) is 0.796. The highest BCUT2D eigenvalue weighted by molar-refractivity contribution is 5.87. The normalized spacial score (nSPS) is 15.8. The van der Waals surface area contributed by atoms with Gasteiger partial charge in [0.15, 0.2) is 0 Å². The Kier molecular flexibility index (Phi) is 5.79. The Hall–Kier alpha value is -1.81. The predicted octanol–water partition coefficient (Wildman–Crippen LogP) is 4.01. The first-order valence-electron chi connectivity index (χ1n) is 9.45. The summed E-state index contributed by atoms with van der Waals surface area (Å²) >= 11 is 0. The van der Waals surface area contributed by atoms with Crippen LogP contribution in [0, 0.1) is 6.92 Å². The fraction of sp³-hybridized carbons (Fsp3) is 0.571. The number of carbonyl (C=O) groups excluding carboxylic acids is 1. The minimum atomic E-state index is 0.153. The summed E-state index contributed by atoms with van der Waals surface area (Å²) in [4.78, 5) is 16.9. The zero-order chi connectivity index (χ0) is 17.8. The van der Waals surface area contributed by atoms with Crippen molar-refractivity contribution in [1.29, 1.82) is 0 Å². The Morgan fingerprint density at radius 1 is 1.16 bits per heavy atom. The van der Waals surface area contributed by atoms with Crippen LogP contribution in [-0.2, 0) is 11.2 Å². The van der Waals surface area contributed by atoms with E-state index in [1.807, 2.05) is 31.0 Å². The molecule has 3 rings (SSSR count). The Labute approximate surface area is 150 Å². The highest BCUT2D eigenvalue weighted by Crippen LogP contribution is 2.23. The molecule has 0 atom stereocenters. The molecule has 0 radical (unpaired) electrons. The third-order valence-electron chi connectivity index (χ3n) is 5.56. The maximum absolute atomic E-state index is 12.6. The van der Waals surface area contributed by atoms with Crippen LogP contribution in [0.4, 0.5) is 0 Å². The van der Waals surface area contributed by atoms with Gasteiger partial charge in [-0.1, -0.05) is 31.4 Å². The van der Waals surface area contributed by atoms with E-state index in [1.165, 1.54) is 37.7 Å². The Morgan fingerprint density at radius 2 is 1.92 bits per heavy atom. The van der Waals surface area contributed by atoms with Crippen molar-refractivity contribution < 1.29 is 9.21 Å². The van der Waals surface area contributed by atoms with E-state index in [0.717, 1.165) is 29.6 Å². The molecular formula is C21H30N2O2. The fourth-order valence-corrected chi connectivity index (χ4v) is 3.76. The van der Waals surface area contributed by atoms with Crippen molar-refractivity contribution in [1.82, 2.24) is 9.80 Å². The van der Waals surface area contributed by atoms with Crippen LogP contribution in [0.15, 0.2) is 28.9 Å². The molecule has 136 valence electrons. The highest BCUT2D eigenvalue weighted by atomic mass is 16.3. The van der Waals surface area contributed by atoms with Gasteiger partial charge >= 0.3 is 0 Å². The molecule has 0 spiro atoms. The summed E-state index contributed by atoms with van der Waals surface area (Å²) < 4.78 is 5.61. The Balaban J connectivity index is 1.53. The standard InChI is InChI=1S/C21H30N2O2/c1-16-9-10-19-17(15-25-20(19)13-16)14-21(24)23(3)12-11-22(2)18-7-5-4-6-8-18/h9-10,13,15,18H,4-8,11-12,14H2,1-3H3. The summed E-state index contributed by atoms with van der Waals surface area (Å²) in [5.41, 5.74) is 3.01. The van der Waals surface area contributed by atoms with Gasteiger partial charge in [0.25, 0.3) is 0 Å². The van der Waals surface area contributed by atoms with Crippen LogP contribution in [-0.4, -0.2) is 48.9 Å². The van der Waals surface area contributed by atoms with Gasteiger partial charge in [-0.25, -0.2) is 0 Å². The molecule has 2 aromatic rings. The van der Waals surface area contributed by atoms with Gasteiger partial charge < -0.3 is 14.2 Å². The first-order valence-corrected chi connectivity index (χ1v) is 9.45. The smallest absolute Gasteiger partial charge is 0.226 e. The summed E-state index contributed by atoms with van der Waals surface area (Å²) in [5, 5.41) is 1.05. The lowest BCUT2D eigenvalue weighted by Gasteiger charge is -2.32. The lowest BCUT2D eigenvalue weighted by Crippen LogP contribution is -2.40. The highest BCUT2D eigenvalue weighted by Gasteiger charge is 2.19. The number of amides is 1. The van der Waals surface area contributed by atoms with E-state index in [9.17, 15) is 4.79 Å². The fourth-order valence-electron chi connectivity index (χ4n) is 3.76. The van der Waals surface area contributed by atoms with E-state index < -0.39 is 0 Å². The number of hydrogen-bond donors (Lipinski definition) is 0. The molecule has 1 aliphatic rings. The number of fused-ring (bicyclic) bond motifs is 1. The topological polar surface area (TPSA) is 36.7 Å². The van der Waals surface area contributed by atoms with Crippen molar-refractivity contribution in [2.75, 3.05) is 27.2 Å². The van der Waals surface area contributed by atoms with E-state index in [1.54, 1.807) is 6.26 Å². The van der Waals surface area contributed by atoms with E-state index in [-0.39, 0.29) is 5.91 Å². The maximum Gasteiger partial charge on any atom is 0.226 e. The van der Waals surface area contributed by atoms with Gasteiger partial charge in [0.1, 0.15) is 5.58 Å². The largest absolute Gasteiger partial charge is 0.464 e. The average Bonchev–Trinajstić information content (AvgIpc) is 3.01. The molecule has 0 unspecified atom stereocenters. The van der Waals surface area contributed by atoms with Crippen LogP contribution in [0.25, 0.3) is 11.0 Å². The molecule has 0 aliphatic heterocycles. The molecule has 1 aromatic carbocycles. The SMILES string of the molecule is Cc1ccc2c(CC(=O)N(C)CCN(C)C3CCCCC3)coc2c1. The number of carbonyl (C=O) groups is 1. The van der Waals surface area contributed by atoms with Crippen molar-refractivity contribution in [2.45, 2.75) is 51.5 Å². The van der Waals surface area contributed by atoms with Crippen LogP contribution in [0.1, 0.15) is 43.2 Å². The monoisotopic (exact) mass is 342 g/mol. The minimum Gasteiger partial charge on any atom is -0.464 e. The predicted molar refractivity (Wildman–Crippen MR) is 102 cm³/mol. The number of nitrogens with zero attached hydrogens (tertiary/aromatic N) is 2. The molecule has 4 nitrogen and oxygen atoms in total. The number of likely N-dealkylation sites (N-methyl/N-ethyl adjacent to an activating group) is 2. The second kappa shape index (κ2) is 8.05. The van der Waals surface area contributed by atoms with Crippen LogP contribution in [0.3, 0.4) is 0 Å². The molecule has 4 heteroatoms. The summed E-state index contributed by atoms with van der Waals surface area (Å²) in [5.74, 6) is 0.153. The Bertz CT molecular complexity index is 716. The van der Waals surface area contributed by atoms with Crippen LogP contribution < -0.4 is 0 Å². The van der Waals surface area contributed by atoms with Gasteiger partial charge in [-0.2, -0.15) is 0 Å². The van der Waals surface area contributed by atoms with Gasteiger partial charge in [-0.3, -0.25) is 4.79 Å². The number of rotatable bonds is 6. The third kappa shape index (κ3) is 4.43. The van der Waals surface area contributed by atoms with Crippen LogP contribution >= 0.6 is 0 Å². The number of furan rings is 1. The van der Waals surface area contributed by atoms with Gasteiger partial charge in [-0.15, -0.1) is 0 Å². The number of benzene rings is 1. The lowest BCUT2D eigenvalue weighted by molar-refractivity contribution is -0.129. The minimum absolute atomic E-state index is 0.153. The molecule has 1 aliphatic carbocycles. The van der Waals surface area contributed by atoms with Gasteiger partial charge in [0, 0.05) is 37.1 Å². The second-order valence-corrected chi connectivity index (χ2v) is 7.53. The molecule has 0 saturated heterocycles. The molecule has 0 bridgehead atoms. The van der Waals surface area contributed by atoms with E-state index in [0.29, 0.717) is 12.5 Å². The molecular weight excluding hydrogens is 312 g/mol. The second-order valence-electron chi connectivity index (χ2n) is 7.53. The summed E-state index contributed by atoms with van der Waals surface area (Å²) in [6.07, 6.45) is 8.79. The number of aryl methyl sites for hydroxylation is 1. The third-order valence-corrected chi connectivity index (χ3v) is 5.56. The van der Waals surface area contributed by atoms with Gasteiger partial charge in [0.2, 0.25) is 5.91 Å². The van der Waals surface area contributed by atoms with Gasteiger partial charge in [-0.05, 0) is 38.4 Å². The first kappa shape index (κ1) is 18.0. The van der Waals surface area contributed by atoms with Crippen molar-refractivity contribution in [2.24, 2.45) is 0 Å². The summed E-state index contributed by atoms with van der Waals surface area (Å²) in [6.45, 7) is 3.77. The maximum atomic E-state index is 12.6. The molecule has 1 fully saturated rings. The van der Waals surface area contributed by atoms with E-state index >= 15 is 0 Å². The Morgan fingerprint density at radius 3 is 2.68 bits per heavy atom. The average molecular weight is 342 g/mol. The van der Waals surface area contributed by atoms with Crippen LogP contribution in [0.5, 0.6) is 0 Å². The molecule has 1 amide bonds. The molecule has 1 saturated carbocycles. The first-order chi connectivity index (χ1) is 12.0. The zero-order valence-electron chi connectivity index (χ0n) is 15.8. The molecule has 0 N–H and O–H groups in total.